The SMILES string of the molecule is COc1nc(C)c(C)cc1SSc1cc(C)c(C)nc1OC. The molecule has 2 aromatic heterocycles. The fraction of sp³-hybridized carbons (Fsp3) is 0.375. The quantitative estimate of drug-likeness (QED) is 0.748. The summed E-state index contributed by atoms with van der Waals surface area (Å²) in [6.07, 6.45) is 0. The van der Waals surface area contributed by atoms with Gasteiger partial charge in [-0.1, -0.05) is 0 Å². The predicted molar refractivity (Wildman–Crippen MR) is 92.2 cm³/mol. The maximum absolute atomic E-state index is 5.38. The van der Waals surface area contributed by atoms with Gasteiger partial charge in [-0.25, -0.2) is 9.97 Å². The summed E-state index contributed by atoms with van der Waals surface area (Å²) >= 11 is 0. The second-order valence-electron chi connectivity index (χ2n) is 4.96. The molecular formula is C16H20N2O2S2. The van der Waals surface area contributed by atoms with E-state index in [4.69, 9.17) is 9.47 Å². The van der Waals surface area contributed by atoms with E-state index in [2.05, 4.69) is 35.9 Å². The van der Waals surface area contributed by atoms with Crippen molar-refractivity contribution >= 4 is 21.6 Å². The molecule has 0 aromatic carbocycles. The number of methoxy groups -OCH3 is 2. The fourth-order valence-electron chi connectivity index (χ4n) is 1.82. The van der Waals surface area contributed by atoms with E-state index < -0.39 is 0 Å². The number of hydrogen-bond acceptors (Lipinski definition) is 6. The maximum atomic E-state index is 5.38. The topological polar surface area (TPSA) is 44.2 Å². The van der Waals surface area contributed by atoms with Gasteiger partial charge in [0.2, 0.25) is 11.8 Å². The van der Waals surface area contributed by atoms with Gasteiger partial charge in [0, 0.05) is 11.4 Å². The lowest BCUT2D eigenvalue weighted by Gasteiger charge is -2.12. The molecule has 2 aromatic rings. The van der Waals surface area contributed by atoms with Crippen LogP contribution >= 0.6 is 21.6 Å². The lowest BCUT2D eigenvalue weighted by molar-refractivity contribution is 0.385. The van der Waals surface area contributed by atoms with Crippen molar-refractivity contribution in [3.05, 3.63) is 34.6 Å². The van der Waals surface area contributed by atoms with Crippen molar-refractivity contribution in [3.8, 4) is 11.8 Å². The molecule has 0 radical (unpaired) electrons. The molecule has 6 heteroatoms. The Kier molecular flexibility index (Phi) is 5.58. The first-order valence-electron chi connectivity index (χ1n) is 6.85. The molecule has 0 unspecified atom stereocenters. The zero-order chi connectivity index (χ0) is 16.3. The molecule has 0 saturated carbocycles. The second kappa shape index (κ2) is 7.24. The van der Waals surface area contributed by atoms with Crippen LogP contribution in [0, 0.1) is 27.7 Å². The average molecular weight is 336 g/mol. The van der Waals surface area contributed by atoms with Gasteiger partial charge in [0.25, 0.3) is 0 Å². The minimum absolute atomic E-state index is 0.649. The Hall–Kier alpha value is -1.40. The highest BCUT2D eigenvalue weighted by Gasteiger charge is 2.13. The van der Waals surface area contributed by atoms with Crippen LogP contribution in [0.15, 0.2) is 21.9 Å². The van der Waals surface area contributed by atoms with E-state index in [1.54, 1.807) is 35.8 Å². The molecule has 0 aliphatic carbocycles. The Morgan fingerprint density at radius 3 is 1.41 bits per heavy atom. The normalized spacial score (nSPS) is 10.6. The lowest BCUT2D eigenvalue weighted by atomic mass is 10.2. The Labute approximate surface area is 139 Å². The summed E-state index contributed by atoms with van der Waals surface area (Å²) in [6, 6.07) is 4.19. The number of pyridine rings is 2. The fourth-order valence-corrected chi connectivity index (χ4v) is 4.10. The average Bonchev–Trinajstić information content (AvgIpc) is 2.50. The van der Waals surface area contributed by atoms with Crippen LogP contribution in [0.5, 0.6) is 11.8 Å². The summed E-state index contributed by atoms with van der Waals surface area (Å²) < 4.78 is 10.8. The summed E-state index contributed by atoms with van der Waals surface area (Å²) in [5, 5.41) is 0. The van der Waals surface area contributed by atoms with Gasteiger partial charge in [-0.3, -0.25) is 0 Å². The van der Waals surface area contributed by atoms with E-state index in [9.17, 15) is 0 Å². The number of ether oxygens (including phenoxy) is 2. The minimum Gasteiger partial charge on any atom is -0.480 e. The zero-order valence-electron chi connectivity index (χ0n) is 13.7. The Morgan fingerprint density at radius 1 is 0.727 bits per heavy atom. The third kappa shape index (κ3) is 3.67. The monoisotopic (exact) mass is 336 g/mol. The molecule has 4 nitrogen and oxygen atoms in total. The molecule has 0 amide bonds. The first-order chi connectivity index (χ1) is 10.5. The zero-order valence-corrected chi connectivity index (χ0v) is 15.3. The first kappa shape index (κ1) is 17.0. The highest BCUT2D eigenvalue weighted by Crippen LogP contribution is 2.44. The number of aryl methyl sites for hydroxylation is 4. The first-order valence-corrected chi connectivity index (χ1v) is 9.00. The molecule has 0 fully saturated rings. The Morgan fingerprint density at radius 2 is 1.09 bits per heavy atom. The minimum atomic E-state index is 0.649. The van der Waals surface area contributed by atoms with Crippen molar-refractivity contribution < 1.29 is 9.47 Å². The van der Waals surface area contributed by atoms with Crippen LogP contribution in [0.3, 0.4) is 0 Å². The predicted octanol–water partition coefficient (Wildman–Crippen LogP) is 4.53. The van der Waals surface area contributed by atoms with Crippen molar-refractivity contribution in [1.29, 1.82) is 0 Å². The molecule has 2 rings (SSSR count). The third-order valence-electron chi connectivity index (χ3n) is 3.40. The summed E-state index contributed by atoms with van der Waals surface area (Å²) in [7, 11) is 6.49. The smallest absolute Gasteiger partial charge is 0.228 e. The van der Waals surface area contributed by atoms with Gasteiger partial charge in [-0.15, -0.1) is 0 Å². The molecule has 0 spiro atoms. The van der Waals surface area contributed by atoms with Gasteiger partial charge in [0.05, 0.1) is 24.0 Å². The third-order valence-corrected chi connectivity index (χ3v) is 5.76. The molecule has 0 N–H and O–H groups in total. The van der Waals surface area contributed by atoms with Crippen LogP contribution in [0.2, 0.25) is 0 Å². The molecular weight excluding hydrogens is 316 g/mol. The summed E-state index contributed by atoms with van der Waals surface area (Å²) in [5.74, 6) is 1.30. The van der Waals surface area contributed by atoms with Gasteiger partial charge in [0.1, 0.15) is 0 Å². The van der Waals surface area contributed by atoms with Crippen molar-refractivity contribution in [1.82, 2.24) is 9.97 Å². The van der Waals surface area contributed by atoms with E-state index in [1.807, 2.05) is 13.8 Å². The molecule has 118 valence electrons. The van der Waals surface area contributed by atoms with Gasteiger partial charge in [-0.05, 0) is 72.5 Å². The Balaban J connectivity index is 2.27. The van der Waals surface area contributed by atoms with E-state index in [1.165, 1.54) is 0 Å². The van der Waals surface area contributed by atoms with Gasteiger partial charge >= 0.3 is 0 Å². The molecule has 0 bridgehead atoms. The van der Waals surface area contributed by atoms with Crippen molar-refractivity contribution in [2.45, 2.75) is 37.5 Å². The molecule has 0 atom stereocenters. The Bertz CT molecular complexity index is 631. The summed E-state index contributed by atoms with van der Waals surface area (Å²) in [4.78, 5) is 10.9. The van der Waals surface area contributed by atoms with Crippen LogP contribution in [-0.4, -0.2) is 24.2 Å². The van der Waals surface area contributed by atoms with Crippen LogP contribution < -0.4 is 9.47 Å². The van der Waals surface area contributed by atoms with Crippen molar-refractivity contribution in [3.63, 3.8) is 0 Å². The molecule has 0 saturated heterocycles. The number of nitrogens with zero attached hydrogens (tertiary/aromatic N) is 2. The van der Waals surface area contributed by atoms with E-state index >= 15 is 0 Å². The van der Waals surface area contributed by atoms with Crippen LogP contribution in [0.25, 0.3) is 0 Å². The van der Waals surface area contributed by atoms with E-state index in [-0.39, 0.29) is 0 Å². The van der Waals surface area contributed by atoms with E-state index in [0.29, 0.717) is 11.8 Å². The second-order valence-corrected chi connectivity index (χ2v) is 7.18. The van der Waals surface area contributed by atoms with Gasteiger partial charge < -0.3 is 9.47 Å². The van der Waals surface area contributed by atoms with Gasteiger partial charge in [0.15, 0.2) is 0 Å². The molecule has 2 heterocycles. The van der Waals surface area contributed by atoms with Crippen molar-refractivity contribution in [2.75, 3.05) is 14.2 Å². The lowest BCUT2D eigenvalue weighted by Crippen LogP contribution is -1.96. The highest BCUT2D eigenvalue weighted by molar-refractivity contribution is 8.76. The van der Waals surface area contributed by atoms with Crippen LogP contribution in [-0.2, 0) is 0 Å². The molecule has 0 aliphatic rings. The highest BCUT2D eigenvalue weighted by atomic mass is 33.1. The van der Waals surface area contributed by atoms with E-state index in [0.717, 1.165) is 32.3 Å². The molecule has 0 aliphatic heterocycles. The number of hydrogen-bond donors (Lipinski definition) is 0. The molecule has 22 heavy (non-hydrogen) atoms. The maximum Gasteiger partial charge on any atom is 0.228 e. The number of rotatable bonds is 5. The summed E-state index contributed by atoms with van der Waals surface area (Å²) in [6.45, 7) is 8.06. The van der Waals surface area contributed by atoms with Gasteiger partial charge in [-0.2, -0.15) is 0 Å². The van der Waals surface area contributed by atoms with Crippen molar-refractivity contribution in [2.24, 2.45) is 0 Å². The van der Waals surface area contributed by atoms with Crippen LogP contribution in [0.1, 0.15) is 22.5 Å². The summed E-state index contributed by atoms with van der Waals surface area (Å²) in [5.41, 5.74) is 4.26. The number of aromatic nitrogens is 2. The standard InChI is InChI=1S/C16H20N2O2S2/c1-9-7-13(15(19-5)17-11(9)3)21-22-14-8-10(2)12(4)18-16(14)20-6/h7-8H,1-6H3. The van der Waals surface area contributed by atoms with Crippen LogP contribution in [0.4, 0.5) is 0 Å². The largest absolute Gasteiger partial charge is 0.480 e.